The first kappa shape index (κ1) is 14.9. The number of ether oxygens (including phenoxy) is 1. The SMILES string of the molecule is CNC(C)(CCSc1ccc(OC)cc1)C(=O)O. The first-order valence-electron chi connectivity index (χ1n) is 5.71. The third kappa shape index (κ3) is 3.92. The predicted octanol–water partition coefficient (Wildman–Crippen LogP) is 2.24. The molecule has 0 aliphatic rings. The number of methoxy groups -OCH3 is 1. The third-order valence-electron chi connectivity index (χ3n) is 2.95. The molecule has 2 N–H and O–H groups in total. The lowest BCUT2D eigenvalue weighted by Gasteiger charge is -2.23. The fourth-order valence-electron chi connectivity index (χ4n) is 1.38. The van der Waals surface area contributed by atoms with Crippen molar-refractivity contribution in [3.63, 3.8) is 0 Å². The van der Waals surface area contributed by atoms with Crippen molar-refractivity contribution in [2.75, 3.05) is 19.9 Å². The molecule has 5 heteroatoms. The number of likely N-dealkylation sites (N-methyl/N-ethyl adjacent to an activating group) is 1. The quantitative estimate of drug-likeness (QED) is 0.743. The summed E-state index contributed by atoms with van der Waals surface area (Å²) >= 11 is 1.64. The predicted molar refractivity (Wildman–Crippen MR) is 73.4 cm³/mol. The highest BCUT2D eigenvalue weighted by Gasteiger charge is 2.30. The van der Waals surface area contributed by atoms with Crippen LogP contribution in [0, 0.1) is 0 Å². The zero-order valence-corrected chi connectivity index (χ0v) is 11.7. The van der Waals surface area contributed by atoms with E-state index in [-0.39, 0.29) is 0 Å². The Hall–Kier alpha value is -1.20. The van der Waals surface area contributed by atoms with Gasteiger partial charge in [-0.25, -0.2) is 0 Å². The molecule has 0 spiro atoms. The maximum atomic E-state index is 11.1. The first-order chi connectivity index (χ1) is 8.51. The van der Waals surface area contributed by atoms with Gasteiger partial charge in [0.2, 0.25) is 0 Å². The Morgan fingerprint density at radius 1 is 1.44 bits per heavy atom. The van der Waals surface area contributed by atoms with E-state index < -0.39 is 11.5 Å². The van der Waals surface area contributed by atoms with E-state index >= 15 is 0 Å². The van der Waals surface area contributed by atoms with Crippen molar-refractivity contribution in [2.24, 2.45) is 0 Å². The fraction of sp³-hybridized carbons (Fsp3) is 0.462. The number of nitrogens with one attached hydrogen (secondary N) is 1. The van der Waals surface area contributed by atoms with Gasteiger partial charge in [-0.15, -0.1) is 11.8 Å². The number of thioether (sulfide) groups is 1. The fourth-order valence-corrected chi connectivity index (χ4v) is 2.46. The minimum absolute atomic E-state index is 0.565. The van der Waals surface area contributed by atoms with Gasteiger partial charge >= 0.3 is 5.97 Å². The molecule has 0 saturated carbocycles. The Labute approximate surface area is 112 Å². The van der Waals surface area contributed by atoms with Gasteiger partial charge in [-0.2, -0.15) is 0 Å². The minimum atomic E-state index is -0.862. The van der Waals surface area contributed by atoms with Crippen molar-refractivity contribution in [3.05, 3.63) is 24.3 Å². The van der Waals surface area contributed by atoms with Crippen LogP contribution in [0.25, 0.3) is 0 Å². The van der Waals surface area contributed by atoms with Crippen molar-refractivity contribution >= 4 is 17.7 Å². The molecular weight excluding hydrogens is 250 g/mol. The molecule has 1 atom stereocenters. The Bertz CT molecular complexity index is 394. The standard InChI is InChI=1S/C13H19NO3S/c1-13(14-2,12(15)16)8-9-18-11-6-4-10(17-3)5-7-11/h4-7,14H,8-9H2,1-3H3,(H,15,16). The molecule has 0 saturated heterocycles. The minimum Gasteiger partial charge on any atom is -0.497 e. The van der Waals surface area contributed by atoms with Crippen LogP contribution in [0.5, 0.6) is 5.75 Å². The molecule has 1 aromatic rings. The van der Waals surface area contributed by atoms with Gasteiger partial charge in [0.25, 0.3) is 0 Å². The van der Waals surface area contributed by atoms with Gasteiger partial charge in [0.05, 0.1) is 7.11 Å². The Morgan fingerprint density at radius 2 is 2.06 bits per heavy atom. The van der Waals surface area contributed by atoms with E-state index in [1.165, 1.54) is 0 Å². The van der Waals surface area contributed by atoms with Crippen molar-refractivity contribution < 1.29 is 14.6 Å². The lowest BCUT2D eigenvalue weighted by molar-refractivity contribution is -0.144. The first-order valence-corrected chi connectivity index (χ1v) is 6.69. The van der Waals surface area contributed by atoms with Crippen molar-refractivity contribution in [1.29, 1.82) is 0 Å². The number of carboxylic acids is 1. The number of carboxylic acid groups (broad SMARTS) is 1. The monoisotopic (exact) mass is 269 g/mol. The Kier molecular flexibility index (Phi) is 5.50. The zero-order valence-electron chi connectivity index (χ0n) is 10.9. The van der Waals surface area contributed by atoms with Gasteiger partial charge in [-0.05, 0) is 44.7 Å². The number of rotatable bonds is 7. The van der Waals surface area contributed by atoms with Crippen LogP contribution in [0.4, 0.5) is 0 Å². The average Bonchev–Trinajstić information content (AvgIpc) is 2.39. The van der Waals surface area contributed by atoms with Crippen LogP contribution in [-0.2, 0) is 4.79 Å². The molecular formula is C13H19NO3S. The molecule has 4 nitrogen and oxygen atoms in total. The molecule has 18 heavy (non-hydrogen) atoms. The summed E-state index contributed by atoms with van der Waals surface area (Å²) in [6.45, 7) is 1.70. The molecule has 0 bridgehead atoms. The van der Waals surface area contributed by atoms with Crippen LogP contribution in [-0.4, -0.2) is 36.5 Å². The summed E-state index contributed by atoms with van der Waals surface area (Å²) in [4.78, 5) is 12.2. The molecule has 0 aromatic heterocycles. The molecule has 0 heterocycles. The Balaban J connectivity index is 2.47. The van der Waals surface area contributed by atoms with Gasteiger partial charge in [0.15, 0.2) is 0 Å². The summed E-state index contributed by atoms with van der Waals surface area (Å²) < 4.78 is 5.08. The second kappa shape index (κ2) is 6.66. The highest BCUT2D eigenvalue weighted by atomic mass is 32.2. The number of hydrogen-bond acceptors (Lipinski definition) is 4. The number of hydrogen-bond donors (Lipinski definition) is 2. The molecule has 0 radical (unpaired) electrons. The van der Waals surface area contributed by atoms with Crippen molar-refractivity contribution in [3.8, 4) is 5.75 Å². The van der Waals surface area contributed by atoms with Crippen LogP contribution in [0.1, 0.15) is 13.3 Å². The molecule has 0 fully saturated rings. The third-order valence-corrected chi connectivity index (χ3v) is 3.97. The smallest absolute Gasteiger partial charge is 0.323 e. The maximum Gasteiger partial charge on any atom is 0.323 e. The van der Waals surface area contributed by atoms with E-state index in [4.69, 9.17) is 9.84 Å². The number of carbonyl (C=O) groups is 1. The summed E-state index contributed by atoms with van der Waals surface area (Å²) in [6, 6.07) is 7.75. The number of aliphatic carboxylic acids is 1. The zero-order chi connectivity index (χ0) is 13.6. The topological polar surface area (TPSA) is 58.6 Å². The molecule has 100 valence electrons. The lowest BCUT2D eigenvalue weighted by Crippen LogP contribution is -2.47. The summed E-state index contributed by atoms with van der Waals surface area (Å²) in [6.07, 6.45) is 0.565. The summed E-state index contributed by atoms with van der Waals surface area (Å²) in [5, 5.41) is 12.0. The van der Waals surface area contributed by atoms with E-state index in [1.807, 2.05) is 24.3 Å². The van der Waals surface area contributed by atoms with Gasteiger partial charge in [0, 0.05) is 10.6 Å². The second-order valence-corrected chi connectivity index (χ2v) is 5.33. The lowest BCUT2D eigenvalue weighted by atomic mass is 10.00. The average molecular weight is 269 g/mol. The van der Waals surface area contributed by atoms with Gasteiger partial charge in [-0.3, -0.25) is 4.79 Å². The molecule has 1 rings (SSSR count). The van der Waals surface area contributed by atoms with Gasteiger partial charge < -0.3 is 15.2 Å². The van der Waals surface area contributed by atoms with Crippen LogP contribution in [0.3, 0.4) is 0 Å². The summed E-state index contributed by atoms with van der Waals surface area (Å²) in [5.74, 6) is 0.751. The van der Waals surface area contributed by atoms with Crippen LogP contribution in [0.15, 0.2) is 29.2 Å². The molecule has 0 amide bonds. The largest absolute Gasteiger partial charge is 0.497 e. The van der Waals surface area contributed by atoms with Gasteiger partial charge in [0.1, 0.15) is 11.3 Å². The van der Waals surface area contributed by atoms with E-state index in [2.05, 4.69) is 5.32 Å². The molecule has 0 aliphatic carbocycles. The van der Waals surface area contributed by atoms with Crippen LogP contribution >= 0.6 is 11.8 Å². The van der Waals surface area contributed by atoms with Crippen LogP contribution in [0.2, 0.25) is 0 Å². The normalized spacial score (nSPS) is 13.9. The molecule has 1 unspecified atom stereocenters. The Morgan fingerprint density at radius 3 is 2.50 bits per heavy atom. The van der Waals surface area contributed by atoms with Crippen molar-refractivity contribution in [2.45, 2.75) is 23.8 Å². The summed E-state index contributed by atoms with van der Waals surface area (Å²) in [5.41, 5.74) is -0.862. The van der Waals surface area contributed by atoms with E-state index in [9.17, 15) is 4.79 Å². The highest BCUT2D eigenvalue weighted by molar-refractivity contribution is 7.99. The van der Waals surface area contributed by atoms with E-state index in [1.54, 1.807) is 32.8 Å². The van der Waals surface area contributed by atoms with E-state index in [0.29, 0.717) is 6.42 Å². The highest BCUT2D eigenvalue weighted by Crippen LogP contribution is 2.24. The van der Waals surface area contributed by atoms with E-state index in [0.717, 1.165) is 16.4 Å². The summed E-state index contributed by atoms with van der Waals surface area (Å²) in [7, 11) is 3.31. The second-order valence-electron chi connectivity index (χ2n) is 4.16. The van der Waals surface area contributed by atoms with Crippen molar-refractivity contribution in [1.82, 2.24) is 5.32 Å². The van der Waals surface area contributed by atoms with Gasteiger partial charge in [-0.1, -0.05) is 0 Å². The maximum absolute atomic E-state index is 11.1. The molecule has 0 aliphatic heterocycles. The van der Waals surface area contributed by atoms with Crippen LogP contribution < -0.4 is 10.1 Å². The molecule has 1 aromatic carbocycles. The number of benzene rings is 1.